The smallest absolute Gasteiger partial charge is 0.150 e. The summed E-state index contributed by atoms with van der Waals surface area (Å²) in [6.45, 7) is 8.13. The van der Waals surface area contributed by atoms with Crippen LogP contribution in [-0.2, 0) is 0 Å². The van der Waals surface area contributed by atoms with E-state index in [2.05, 4.69) is 44.3 Å². The quantitative estimate of drug-likeness (QED) is 0.856. The lowest BCUT2D eigenvalue weighted by Gasteiger charge is -2.35. The van der Waals surface area contributed by atoms with Crippen molar-refractivity contribution in [1.29, 1.82) is 0 Å². The lowest BCUT2D eigenvalue weighted by molar-refractivity contribution is 0.186. The Labute approximate surface area is 166 Å². The van der Waals surface area contributed by atoms with Crippen LogP contribution < -0.4 is 10.2 Å². The number of benzene rings is 1. The minimum absolute atomic E-state index is 0.773. The summed E-state index contributed by atoms with van der Waals surface area (Å²) in [5.74, 6) is 1.20. The van der Waals surface area contributed by atoms with Crippen LogP contribution in [0.1, 0.15) is 32.1 Å². The van der Waals surface area contributed by atoms with Gasteiger partial charge in [-0.2, -0.15) is 4.37 Å². The van der Waals surface area contributed by atoms with Gasteiger partial charge in [0.2, 0.25) is 0 Å². The van der Waals surface area contributed by atoms with Crippen molar-refractivity contribution in [2.75, 3.05) is 50.8 Å². The fourth-order valence-corrected chi connectivity index (χ4v) is 5.96. The molecule has 0 bridgehead atoms. The first-order chi connectivity index (χ1) is 13.4. The molecule has 0 amide bonds. The Balaban J connectivity index is 1.09. The molecule has 2 aliphatic heterocycles. The highest BCUT2D eigenvalue weighted by Crippen LogP contribution is 2.30. The zero-order chi connectivity index (χ0) is 18.1. The van der Waals surface area contributed by atoms with Crippen LogP contribution in [0.2, 0.25) is 0 Å². The Morgan fingerprint density at radius 1 is 1.04 bits per heavy atom. The van der Waals surface area contributed by atoms with Gasteiger partial charge in [-0.15, -0.1) is 0 Å². The molecule has 2 saturated heterocycles. The normalized spacial score (nSPS) is 27.3. The number of nitrogens with zero attached hydrogens (tertiary/aromatic N) is 4. The minimum atomic E-state index is 0.773. The Hall–Kier alpha value is -1.21. The van der Waals surface area contributed by atoms with E-state index >= 15 is 0 Å². The third-order valence-electron chi connectivity index (χ3n) is 6.70. The molecule has 146 valence electrons. The highest BCUT2D eigenvalue weighted by Gasteiger charge is 2.34. The fraction of sp³-hybridized carbons (Fsp3) is 0.667. The maximum Gasteiger partial charge on any atom is 0.150 e. The van der Waals surface area contributed by atoms with Gasteiger partial charge < -0.3 is 4.90 Å². The molecule has 1 aromatic heterocycles. The summed E-state index contributed by atoms with van der Waals surface area (Å²) in [6, 6.07) is 10.2. The third kappa shape index (κ3) is 3.73. The summed E-state index contributed by atoms with van der Waals surface area (Å²) in [7, 11) is 0. The zero-order valence-electron chi connectivity index (χ0n) is 16.1. The van der Waals surface area contributed by atoms with E-state index in [0.717, 1.165) is 44.9 Å². The molecule has 2 aromatic rings. The van der Waals surface area contributed by atoms with Gasteiger partial charge in [-0.1, -0.05) is 25.0 Å². The van der Waals surface area contributed by atoms with Gasteiger partial charge in [0, 0.05) is 56.9 Å². The summed E-state index contributed by atoms with van der Waals surface area (Å²) < 4.78 is 6.03. The topological polar surface area (TPSA) is 34.6 Å². The second-order valence-electron chi connectivity index (χ2n) is 8.32. The second-order valence-corrected chi connectivity index (χ2v) is 9.12. The summed E-state index contributed by atoms with van der Waals surface area (Å²) >= 11 is 1.63. The van der Waals surface area contributed by atoms with E-state index < -0.39 is 0 Å². The first-order valence-electron chi connectivity index (χ1n) is 10.7. The molecule has 1 aromatic carbocycles. The lowest BCUT2D eigenvalue weighted by atomic mass is 9.91. The predicted molar refractivity (Wildman–Crippen MR) is 114 cm³/mol. The van der Waals surface area contributed by atoms with Crippen LogP contribution in [-0.4, -0.2) is 72.2 Å². The van der Waals surface area contributed by atoms with Gasteiger partial charge in [0.05, 0.1) is 4.70 Å². The first kappa shape index (κ1) is 17.9. The lowest BCUT2D eigenvalue weighted by Crippen LogP contribution is -2.47. The molecule has 3 heterocycles. The van der Waals surface area contributed by atoms with Crippen LogP contribution >= 0.6 is 11.5 Å². The van der Waals surface area contributed by atoms with Crippen molar-refractivity contribution in [3.05, 3.63) is 24.3 Å². The monoisotopic (exact) mass is 385 g/mol. The second kappa shape index (κ2) is 8.03. The number of hydrogen-bond acceptors (Lipinski definition) is 6. The Bertz CT molecular complexity index is 754. The predicted octanol–water partition coefficient (Wildman–Crippen LogP) is 2.98. The molecule has 1 saturated carbocycles. The molecule has 1 aliphatic carbocycles. The minimum Gasteiger partial charge on any atom is -0.353 e. The average molecular weight is 386 g/mol. The molecule has 2 atom stereocenters. The molecular formula is C21H31N5S. The number of fused-ring (bicyclic) bond motifs is 2. The number of piperazine rings is 1. The highest BCUT2D eigenvalue weighted by atomic mass is 32.1. The van der Waals surface area contributed by atoms with Crippen molar-refractivity contribution >= 4 is 27.4 Å². The van der Waals surface area contributed by atoms with E-state index in [1.807, 2.05) is 0 Å². The molecular weight excluding hydrogens is 354 g/mol. The van der Waals surface area contributed by atoms with Crippen molar-refractivity contribution < 1.29 is 0 Å². The van der Waals surface area contributed by atoms with Gasteiger partial charge >= 0.3 is 0 Å². The summed E-state index contributed by atoms with van der Waals surface area (Å²) in [5.41, 5.74) is 0. The van der Waals surface area contributed by atoms with Crippen LogP contribution in [0.4, 0.5) is 5.82 Å². The largest absolute Gasteiger partial charge is 0.353 e. The van der Waals surface area contributed by atoms with Crippen molar-refractivity contribution in [3.8, 4) is 0 Å². The molecule has 3 aliphatic rings. The Morgan fingerprint density at radius 3 is 2.81 bits per heavy atom. The van der Waals surface area contributed by atoms with Crippen LogP contribution in [0.25, 0.3) is 10.1 Å². The molecule has 0 radical (unpaired) electrons. The number of aromatic nitrogens is 1. The van der Waals surface area contributed by atoms with Crippen LogP contribution in [0.15, 0.2) is 24.3 Å². The maximum atomic E-state index is 4.73. The van der Waals surface area contributed by atoms with E-state index in [1.165, 1.54) is 61.1 Å². The van der Waals surface area contributed by atoms with Crippen molar-refractivity contribution in [3.63, 3.8) is 0 Å². The average Bonchev–Trinajstić information content (AvgIpc) is 3.33. The number of hydrogen-bond donors (Lipinski definition) is 1. The molecule has 0 spiro atoms. The van der Waals surface area contributed by atoms with Gasteiger partial charge in [-0.25, -0.2) is 0 Å². The van der Waals surface area contributed by atoms with Gasteiger partial charge in [0.1, 0.15) is 5.82 Å². The third-order valence-corrected chi connectivity index (χ3v) is 7.52. The van der Waals surface area contributed by atoms with E-state index in [4.69, 9.17) is 4.37 Å². The summed E-state index contributed by atoms with van der Waals surface area (Å²) in [5, 5.41) is 5.05. The molecule has 5 rings (SSSR count). The number of rotatable bonds is 5. The van der Waals surface area contributed by atoms with E-state index in [9.17, 15) is 0 Å². The SMILES string of the molecule is c1ccc2c(N3CCN(CCCN4CNC5CCCCC54)CC3)nsc2c1. The fourth-order valence-electron chi connectivity index (χ4n) is 5.16. The number of nitrogens with one attached hydrogen (secondary N) is 1. The van der Waals surface area contributed by atoms with Crippen LogP contribution in [0.3, 0.4) is 0 Å². The Morgan fingerprint density at radius 2 is 1.89 bits per heavy atom. The highest BCUT2D eigenvalue weighted by molar-refractivity contribution is 7.13. The molecule has 1 N–H and O–H groups in total. The first-order valence-corrected chi connectivity index (χ1v) is 11.4. The molecule has 5 nitrogen and oxygen atoms in total. The van der Waals surface area contributed by atoms with Crippen molar-refractivity contribution in [2.24, 2.45) is 0 Å². The summed E-state index contributed by atoms with van der Waals surface area (Å²) in [4.78, 5) is 7.83. The van der Waals surface area contributed by atoms with E-state index in [-0.39, 0.29) is 0 Å². The summed E-state index contributed by atoms with van der Waals surface area (Å²) in [6.07, 6.45) is 6.92. The standard InChI is InChI=1S/C21H31N5S/c1-4-9-20-17(6-1)21(23-27-20)25-14-12-24(13-15-25)10-5-11-26-16-22-18-7-2-3-8-19(18)26/h1,4,6,9,18-19,22H,2-3,5,7-8,10-16H2. The maximum absolute atomic E-state index is 4.73. The number of anilines is 1. The van der Waals surface area contributed by atoms with Crippen LogP contribution in [0, 0.1) is 0 Å². The van der Waals surface area contributed by atoms with Gasteiger partial charge in [-0.3, -0.25) is 15.1 Å². The Kier molecular flexibility index (Phi) is 5.31. The van der Waals surface area contributed by atoms with Crippen molar-refractivity contribution in [1.82, 2.24) is 19.5 Å². The van der Waals surface area contributed by atoms with Crippen molar-refractivity contribution in [2.45, 2.75) is 44.2 Å². The van der Waals surface area contributed by atoms with Crippen LogP contribution in [0.5, 0.6) is 0 Å². The van der Waals surface area contributed by atoms with E-state index in [0.29, 0.717) is 0 Å². The van der Waals surface area contributed by atoms with Gasteiger partial charge in [0.25, 0.3) is 0 Å². The molecule has 2 unspecified atom stereocenters. The molecule has 3 fully saturated rings. The van der Waals surface area contributed by atoms with E-state index in [1.54, 1.807) is 11.5 Å². The molecule has 27 heavy (non-hydrogen) atoms. The molecule has 6 heteroatoms. The zero-order valence-corrected chi connectivity index (χ0v) is 17.0. The van der Waals surface area contributed by atoms with Gasteiger partial charge in [-0.05, 0) is 49.5 Å². The van der Waals surface area contributed by atoms with Gasteiger partial charge in [0.15, 0.2) is 0 Å².